The van der Waals surface area contributed by atoms with Gasteiger partial charge in [-0.05, 0) is 13.8 Å². The molecule has 0 saturated carbocycles. The second kappa shape index (κ2) is 4.37. The van der Waals surface area contributed by atoms with Crippen molar-refractivity contribution in [2.75, 3.05) is 0 Å². The minimum atomic E-state index is -1.01. The van der Waals surface area contributed by atoms with Crippen molar-refractivity contribution in [2.24, 2.45) is 0 Å². The number of hydrogen-bond donors (Lipinski definition) is 2. The van der Waals surface area contributed by atoms with Crippen LogP contribution in [-0.4, -0.2) is 36.0 Å². The van der Waals surface area contributed by atoms with Crippen molar-refractivity contribution < 1.29 is 9.90 Å². The van der Waals surface area contributed by atoms with Crippen LogP contribution in [-0.2, 0) is 0 Å². The van der Waals surface area contributed by atoms with Crippen LogP contribution in [0.3, 0.4) is 0 Å². The molecule has 0 atom stereocenters. The molecule has 20 heavy (non-hydrogen) atoms. The van der Waals surface area contributed by atoms with Gasteiger partial charge in [-0.25, -0.2) is 24.7 Å². The number of aromatic nitrogens is 5. The molecule has 7 heteroatoms. The predicted molar refractivity (Wildman–Crippen MR) is 71.3 cm³/mol. The van der Waals surface area contributed by atoms with E-state index in [4.69, 9.17) is 5.11 Å². The molecule has 0 spiro atoms. The van der Waals surface area contributed by atoms with Crippen molar-refractivity contribution in [2.45, 2.75) is 13.8 Å². The van der Waals surface area contributed by atoms with Gasteiger partial charge in [0.25, 0.3) is 0 Å². The van der Waals surface area contributed by atoms with E-state index in [1.165, 1.54) is 6.20 Å². The highest BCUT2D eigenvalue weighted by Crippen LogP contribution is 2.23. The first-order valence-electron chi connectivity index (χ1n) is 5.94. The normalized spacial score (nSPS) is 10.9. The number of nitrogens with one attached hydrogen (secondary N) is 1. The molecule has 3 aromatic heterocycles. The zero-order chi connectivity index (χ0) is 14.3. The van der Waals surface area contributed by atoms with Gasteiger partial charge < -0.3 is 10.1 Å². The summed E-state index contributed by atoms with van der Waals surface area (Å²) >= 11 is 0. The van der Waals surface area contributed by atoms with E-state index >= 15 is 0 Å². The van der Waals surface area contributed by atoms with Gasteiger partial charge in [0, 0.05) is 18.6 Å². The van der Waals surface area contributed by atoms with Crippen molar-refractivity contribution in [1.82, 2.24) is 24.9 Å². The maximum atomic E-state index is 11.1. The van der Waals surface area contributed by atoms with Crippen LogP contribution in [0.2, 0.25) is 0 Å². The van der Waals surface area contributed by atoms with Gasteiger partial charge in [-0.3, -0.25) is 0 Å². The summed E-state index contributed by atoms with van der Waals surface area (Å²) in [6.45, 7) is 3.55. The van der Waals surface area contributed by atoms with Crippen molar-refractivity contribution in [3.8, 4) is 11.4 Å². The molecule has 0 fully saturated rings. The van der Waals surface area contributed by atoms with Gasteiger partial charge in [0.15, 0.2) is 5.82 Å². The highest BCUT2D eigenvalue weighted by atomic mass is 16.4. The first-order valence-corrected chi connectivity index (χ1v) is 5.94. The first kappa shape index (κ1) is 12.2. The third-order valence-corrected chi connectivity index (χ3v) is 2.98. The van der Waals surface area contributed by atoms with Crippen LogP contribution in [0.1, 0.15) is 21.9 Å². The second-order valence-corrected chi connectivity index (χ2v) is 4.38. The Labute approximate surface area is 113 Å². The number of carboxylic acid groups (broad SMARTS) is 1. The summed E-state index contributed by atoms with van der Waals surface area (Å²) in [5.41, 5.74) is 1.95. The standard InChI is InChI=1S/C13H11N5O2/c1-6-10-9(13(19)20)5-16-12(10)18-11(17-6)8-3-14-7(2)15-4-8/h3-5H,1-2H3,(H,19,20)(H,16,17,18). The lowest BCUT2D eigenvalue weighted by molar-refractivity contribution is 0.0699. The summed E-state index contributed by atoms with van der Waals surface area (Å²) in [6.07, 6.45) is 4.71. The number of hydrogen-bond acceptors (Lipinski definition) is 5. The minimum Gasteiger partial charge on any atom is -0.478 e. The van der Waals surface area contributed by atoms with Crippen molar-refractivity contribution >= 4 is 17.0 Å². The average Bonchev–Trinajstić information content (AvgIpc) is 2.84. The Kier molecular flexibility index (Phi) is 2.67. The van der Waals surface area contributed by atoms with Crippen LogP contribution < -0.4 is 0 Å². The molecule has 100 valence electrons. The van der Waals surface area contributed by atoms with E-state index in [1.807, 2.05) is 0 Å². The maximum Gasteiger partial charge on any atom is 0.338 e. The number of carboxylic acids is 1. The van der Waals surface area contributed by atoms with Crippen molar-refractivity contribution in [1.29, 1.82) is 0 Å². The Morgan fingerprint density at radius 3 is 2.55 bits per heavy atom. The molecule has 0 aromatic carbocycles. The fourth-order valence-electron chi connectivity index (χ4n) is 2.02. The van der Waals surface area contributed by atoms with E-state index in [0.717, 1.165) is 0 Å². The highest BCUT2D eigenvalue weighted by molar-refractivity contribution is 6.03. The molecule has 0 amide bonds. The molecule has 0 unspecified atom stereocenters. The molecule has 0 bridgehead atoms. The number of aromatic carboxylic acids is 1. The SMILES string of the molecule is Cc1ncc(-c2nc(C)c3c(C(=O)O)c[nH]c3n2)cn1. The lowest BCUT2D eigenvalue weighted by Crippen LogP contribution is -1.99. The van der Waals surface area contributed by atoms with Gasteiger partial charge in [-0.15, -0.1) is 0 Å². The lowest BCUT2D eigenvalue weighted by Gasteiger charge is -2.03. The Morgan fingerprint density at radius 1 is 1.20 bits per heavy atom. The topological polar surface area (TPSA) is 105 Å². The number of aromatic amines is 1. The van der Waals surface area contributed by atoms with Crippen molar-refractivity contribution in [3.63, 3.8) is 0 Å². The van der Waals surface area contributed by atoms with Gasteiger partial charge in [0.1, 0.15) is 11.5 Å². The molecule has 0 aliphatic heterocycles. The number of carbonyl (C=O) groups is 1. The molecule has 3 heterocycles. The van der Waals surface area contributed by atoms with E-state index in [-0.39, 0.29) is 5.56 Å². The van der Waals surface area contributed by atoms with E-state index in [1.54, 1.807) is 26.2 Å². The molecule has 0 aliphatic rings. The van der Waals surface area contributed by atoms with Crippen LogP contribution in [0.5, 0.6) is 0 Å². The average molecular weight is 269 g/mol. The number of rotatable bonds is 2. The molecule has 3 aromatic rings. The third kappa shape index (κ3) is 1.89. The number of nitrogens with zero attached hydrogens (tertiary/aromatic N) is 4. The summed E-state index contributed by atoms with van der Waals surface area (Å²) in [5.74, 6) is 0.128. The number of fused-ring (bicyclic) bond motifs is 1. The Bertz CT molecular complexity index is 807. The fraction of sp³-hybridized carbons (Fsp3) is 0.154. The smallest absolute Gasteiger partial charge is 0.338 e. The van der Waals surface area contributed by atoms with Gasteiger partial charge in [-0.2, -0.15) is 0 Å². The van der Waals surface area contributed by atoms with Crippen LogP contribution in [0.25, 0.3) is 22.4 Å². The first-order chi connectivity index (χ1) is 9.56. The molecule has 2 N–H and O–H groups in total. The monoisotopic (exact) mass is 269 g/mol. The lowest BCUT2D eigenvalue weighted by atomic mass is 10.2. The summed E-state index contributed by atoms with van der Waals surface area (Å²) in [7, 11) is 0. The molecular weight excluding hydrogens is 258 g/mol. The quantitative estimate of drug-likeness (QED) is 0.734. The zero-order valence-electron chi connectivity index (χ0n) is 10.9. The Hall–Kier alpha value is -2.83. The number of H-pyrrole nitrogens is 1. The van der Waals surface area contributed by atoms with E-state index < -0.39 is 5.97 Å². The van der Waals surface area contributed by atoms with E-state index in [0.29, 0.717) is 33.9 Å². The third-order valence-electron chi connectivity index (χ3n) is 2.98. The van der Waals surface area contributed by atoms with Crippen LogP contribution in [0.15, 0.2) is 18.6 Å². The molecule has 0 aliphatic carbocycles. The maximum absolute atomic E-state index is 11.1. The summed E-state index contributed by atoms with van der Waals surface area (Å²) in [6, 6.07) is 0. The molecule has 0 radical (unpaired) electrons. The van der Waals surface area contributed by atoms with Crippen LogP contribution >= 0.6 is 0 Å². The fourth-order valence-corrected chi connectivity index (χ4v) is 2.02. The molecule has 0 saturated heterocycles. The minimum absolute atomic E-state index is 0.171. The second-order valence-electron chi connectivity index (χ2n) is 4.38. The summed E-state index contributed by atoms with van der Waals surface area (Å²) in [4.78, 5) is 30.9. The van der Waals surface area contributed by atoms with Gasteiger partial charge in [0.2, 0.25) is 0 Å². The highest BCUT2D eigenvalue weighted by Gasteiger charge is 2.16. The van der Waals surface area contributed by atoms with Gasteiger partial charge in [-0.1, -0.05) is 0 Å². The number of aryl methyl sites for hydroxylation is 2. The van der Waals surface area contributed by atoms with E-state index in [9.17, 15) is 4.79 Å². The van der Waals surface area contributed by atoms with E-state index in [2.05, 4.69) is 24.9 Å². The van der Waals surface area contributed by atoms with Crippen molar-refractivity contribution in [3.05, 3.63) is 35.7 Å². The summed E-state index contributed by atoms with van der Waals surface area (Å²) in [5, 5.41) is 9.64. The van der Waals surface area contributed by atoms with Gasteiger partial charge >= 0.3 is 5.97 Å². The molecular formula is C13H11N5O2. The van der Waals surface area contributed by atoms with Crippen LogP contribution in [0, 0.1) is 13.8 Å². The molecule has 3 rings (SSSR count). The van der Waals surface area contributed by atoms with Gasteiger partial charge in [0.05, 0.1) is 22.2 Å². The zero-order valence-corrected chi connectivity index (χ0v) is 10.9. The molecule has 7 nitrogen and oxygen atoms in total. The largest absolute Gasteiger partial charge is 0.478 e. The van der Waals surface area contributed by atoms with Crippen LogP contribution in [0.4, 0.5) is 0 Å². The Balaban J connectivity index is 2.20. The Morgan fingerprint density at radius 2 is 1.90 bits per heavy atom. The summed E-state index contributed by atoms with van der Waals surface area (Å²) < 4.78 is 0. The predicted octanol–water partition coefficient (Wildman–Crippen LogP) is 1.73.